The van der Waals surface area contributed by atoms with E-state index in [-0.39, 0.29) is 99.1 Å². The van der Waals surface area contributed by atoms with Crippen LogP contribution in [-0.4, -0.2) is 150 Å². The second kappa shape index (κ2) is 18.6. The molecule has 0 bridgehead atoms. The lowest BCUT2D eigenvalue weighted by Crippen LogP contribution is -2.44. The van der Waals surface area contributed by atoms with Crippen LogP contribution in [0.3, 0.4) is 0 Å². The summed E-state index contributed by atoms with van der Waals surface area (Å²) in [6, 6.07) is 0. The third kappa shape index (κ3) is 13.3. The van der Waals surface area contributed by atoms with E-state index >= 15 is 0 Å². The second-order valence-electron chi connectivity index (χ2n) is 19.6. The van der Waals surface area contributed by atoms with Crippen LogP contribution in [0, 0.1) is 11.8 Å². The Morgan fingerprint density at radius 2 is 1.26 bits per heavy atom. The minimum atomic E-state index is -2.74. The average molecular weight is 906 g/mol. The first kappa shape index (κ1) is 49.7. The van der Waals surface area contributed by atoms with Crippen molar-refractivity contribution in [3.63, 3.8) is 0 Å². The lowest BCUT2D eigenvalue weighted by Gasteiger charge is -2.39. The van der Waals surface area contributed by atoms with Crippen LogP contribution in [0.1, 0.15) is 104 Å². The fourth-order valence-electron chi connectivity index (χ4n) is 8.47. The quantitative estimate of drug-likeness (QED) is 0.122. The molecule has 18 atom stereocenters. The van der Waals surface area contributed by atoms with Crippen molar-refractivity contribution in [1.29, 1.82) is 0 Å². The molecule has 342 valence electrons. The van der Waals surface area contributed by atoms with E-state index in [1.807, 2.05) is 95.9 Å². The van der Waals surface area contributed by atoms with Gasteiger partial charge in [-0.1, -0.05) is 32.7 Å². The van der Waals surface area contributed by atoms with Crippen molar-refractivity contribution in [2.24, 2.45) is 16.6 Å². The Morgan fingerprint density at radius 1 is 0.707 bits per heavy atom. The van der Waals surface area contributed by atoms with E-state index in [0.717, 1.165) is 0 Å². The molecule has 0 radical (unpaired) electrons. The van der Waals surface area contributed by atoms with Gasteiger partial charge in [-0.3, -0.25) is 4.74 Å². The molecule has 0 spiro atoms. The maximum absolute atomic E-state index is 8.17. The van der Waals surface area contributed by atoms with Gasteiger partial charge in [0.2, 0.25) is 7.51 Å². The van der Waals surface area contributed by atoms with E-state index in [1.54, 1.807) is 7.05 Å². The lowest BCUT2D eigenvalue weighted by molar-refractivity contribution is -0.0949. The summed E-state index contributed by atoms with van der Waals surface area (Å²) in [4.78, 5) is 0. The summed E-state index contributed by atoms with van der Waals surface area (Å²) in [6.07, 6.45) is 12.7. The van der Waals surface area contributed by atoms with Gasteiger partial charge in [0.15, 0.2) is 0 Å². The summed E-state index contributed by atoms with van der Waals surface area (Å²) >= 11 is 0. The molecule has 0 aromatic rings. The van der Waals surface area contributed by atoms with Gasteiger partial charge < -0.3 is 55.1 Å². The van der Waals surface area contributed by atoms with Gasteiger partial charge in [-0.2, -0.15) is 0 Å². The minimum Gasteiger partial charge on any atom is -0.370 e. The zero-order valence-electron chi connectivity index (χ0n) is 39.8. The predicted octanol–water partition coefficient (Wildman–Crippen LogP) is 9.80. The standard InChI is InChI=1S/C41H81NO12P4/c1-27-22-33(50-57(19,20)54-38(7,8)9)34(46-27)24-43-58(21,42-14)51-35-23-28(2)47-40(35,12)25-44-56(17,18)53-37-30(4)32(6)49-41(37,13)26-45-55(15,16)52-36-29(3)31(5)48-39(36,10)11/h27-37H,15,17,19,22-26H2,1-14,16,18,20-21H3/i10T. The van der Waals surface area contributed by atoms with Gasteiger partial charge in [-0.25, -0.2) is 0 Å². The highest BCUT2D eigenvalue weighted by molar-refractivity contribution is 7.64. The highest BCUT2D eigenvalue weighted by Crippen LogP contribution is 2.57. The zero-order chi connectivity index (χ0) is 44.8. The molecule has 4 heterocycles. The van der Waals surface area contributed by atoms with E-state index in [4.69, 9.17) is 56.5 Å². The highest BCUT2D eigenvalue weighted by Gasteiger charge is 2.53. The van der Waals surface area contributed by atoms with Gasteiger partial charge in [-0.15, -0.1) is 0 Å². The third-order valence-electron chi connectivity index (χ3n) is 11.5. The Kier molecular flexibility index (Phi) is 16.0. The van der Waals surface area contributed by atoms with E-state index in [2.05, 4.69) is 37.5 Å². The number of rotatable bonds is 18. The van der Waals surface area contributed by atoms with Gasteiger partial charge >= 0.3 is 0 Å². The molecule has 0 saturated carbocycles. The first-order chi connectivity index (χ1) is 26.8. The molecule has 17 heteroatoms. The minimum absolute atomic E-state index is 0.00222. The van der Waals surface area contributed by atoms with Crippen LogP contribution >= 0.6 is 29.5 Å². The fraction of sp³-hybridized carbons (Fsp3) is 0.927. The monoisotopic (exact) mass is 905 g/mol. The molecule has 4 aliphatic heterocycles. The number of hydrogen-bond acceptors (Lipinski definition) is 13. The van der Waals surface area contributed by atoms with Gasteiger partial charge in [0.1, 0.15) is 45.4 Å². The van der Waals surface area contributed by atoms with Crippen molar-refractivity contribution in [3.05, 3.63) is 0 Å². The van der Waals surface area contributed by atoms with Gasteiger partial charge in [0.05, 0.1) is 73.8 Å². The Labute approximate surface area is 354 Å². The van der Waals surface area contributed by atoms with Gasteiger partial charge in [0.25, 0.3) is 0 Å². The summed E-state index contributed by atoms with van der Waals surface area (Å²) in [5.74, 6) is 0.111. The van der Waals surface area contributed by atoms with Crippen molar-refractivity contribution in [2.45, 2.75) is 180 Å². The van der Waals surface area contributed by atoms with Crippen molar-refractivity contribution in [2.75, 3.05) is 53.5 Å². The Bertz CT molecular complexity index is 1650. The Balaban J connectivity index is 1.39. The Morgan fingerprint density at radius 3 is 1.83 bits per heavy atom. The highest BCUT2D eigenvalue weighted by atomic mass is 31.2. The summed E-state index contributed by atoms with van der Waals surface area (Å²) < 4.78 is 90.9. The SMILES string of the molecule is [3H]CC1(C)OC(C)C(C)C1OP(=C)(C)OCC1(C)OC(C)C(C)C1OP(=C)(C)OCC1(C)OC(C)CC1OP(C)(=NC)OCC1OC(C)CC1OP(=C)(C)OC(C)(C)C. The zero-order valence-corrected chi connectivity index (χ0v) is 42.4. The lowest BCUT2D eigenvalue weighted by atomic mass is 9.92. The molecule has 4 rings (SSSR count). The smallest absolute Gasteiger partial charge is 0.209 e. The van der Waals surface area contributed by atoms with E-state index in [1.165, 1.54) is 0 Å². The number of nitrogens with zero attached hydrogens (tertiary/aromatic N) is 1. The maximum Gasteiger partial charge on any atom is 0.209 e. The van der Waals surface area contributed by atoms with E-state index in [0.29, 0.717) is 12.8 Å². The van der Waals surface area contributed by atoms with Crippen LogP contribution in [0.25, 0.3) is 0 Å². The molecule has 13 nitrogen and oxygen atoms in total. The molecule has 0 aromatic carbocycles. The maximum atomic E-state index is 8.17. The molecule has 0 N–H and O–H groups in total. The molecular weight excluding hydrogens is 822 g/mol. The number of ether oxygens (including phenoxy) is 4. The van der Waals surface area contributed by atoms with E-state index in [9.17, 15) is 0 Å². The van der Waals surface area contributed by atoms with E-state index < -0.39 is 46.3 Å². The first-order valence-electron chi connectivity index (χ1n) is 21.5. The first-order valence-corrected chi connectivity index (χ1v) is 29.5. The van der Waals surface area contributed by atoms with Crippen LogP contribution in [0.2, 0.25) is 0 Å². The molecule has 0 aromatic heterocycles. The molecule has 4 aliphatic rings. The van der Waals surface area contributed by atoms with Crippen LogP contribution in [0.5, 0.6) is 0 Å². The molecule has 0 aliphatic carbocycles. The summed E-state index contributed by atoms with van der Waals surface area (Å²) in [5.41, 5.74) is -2.77. The molecule has 18 unspecified atom stereocenters. The van der Waals surface area contributed by atoms with Gasteiger partial charge in [-0.05, 0) is 76.1 Å². The topological polar surface area (TPSA) is 123 Å². The molecule has 4 fully saturated rings. The fourth-order valence-corrected chi connectivity index (χ4v) is 14.9. The average Bonchev–Trinajstić information content (AvgIpc) is 3.72. The molecule has 58 heavy (non-hydrogen) atoms. The Hall–Kier alpha value is 0.650. The van der Waals surface area contributed by atoms with Crippen molar-refractivity contribution < 1.29 is 56.5 Å². The normalized spacial score (nSPS) is 44.0. The van der Waals surface area contributed by atoms with Crippen molar-refractivity contribution in [1.82, 2.24) is 0 Å². The van der Waals surface area contributed by atoms with Crippen LogP contribution in [0.15, 0.2) is 4.74 Å². The van der Waals surface area contributed by atoms with Crippen molar-refractivity contribution in [3.8, 4) is 0 Å². The van der Waals surface area contributed by atoms with Crippen LogP contribution in [0.4, 0.5) is 0 Å². The number of hydrogen-bond donors (Lipinski definition) is 0. The molecule has 0 amide bonds. The molecular formula is C41H81NO12P4. The molecule has 4 saturated heterocycles. The summed E-state index contributed by atoms with van der Waals surface area (Å²) in [5, 5.41) is 0. The summed E-state index contributed by atoms with van der Waals surface area (Å²) in [6.45, 7) is 32.7. The van der Waals surface area contributed by atoms with Crippen LogP contribution in [-0.2, 0) is 55.1 Å². The second-order valence-corrected chi connectivity index (χ2v) is 29.5. The van der Waals surface area contributed by atoms with Crippen molar-refractivity contribution >= 4 is 48.4 Å². The summed E-state index contributed by atoms with van der Waals surface area (Å²) in [7, 11) is -8.71. The van der Waals surface area contributed by atoms with Crippen LogP contribution < -0.4 is 0 Å². The largest absolute Gasteiger partial charge is 0.370 e. The third-order valence-corrected chi connectivity index (χ3v) is 17.9. The van der Waals surface area contributed by atoms with Gasteiger partial charge in [0, 0.05) is 59.8 Å². The predicted molar refractivity (Wildman–Crippen MR) is 244 cm³/mol.